The summed E-state index contributed by atoms with van der Waals surface area (Å²) in [6.07, 6.45) is 2.29. The quantitative estimate of drug-likeness (QED) is 0.848. The van der Waals surface area contributed by atoms with Crippen molar-refractivity contribution in [2.24, 2.45) is 0 Å². The Morgan fingerprint density at radius 3 is 2.47 bits per heavy atom. The maximum Gasteiger partial charge on any atom is 0.193 e. The molecule has 0 spiro atoms. The summed E-state index contributed by atoms with van der Waals surface area (Å²) in [5.74, 6) is 0.116. The van der Waals surface area contributed by atoms with Crippen LogP contribution < -0.4 is 5.32 Å². The van der Waals surface area contributed by atoms with Crippen LogP contribution in [0.15, 0.2) is 54.6 Å². The van der Waals surface area contributed by atoms with Crippen molar-refractivity contribution >= 4 is 5.78 Å². The highest BCUT2D eigenvalue weighted by Gasteiger charge is 2.22. The Labute approximate surface area is 113 Å². The lowest BCUT2D eigenvalue weighted by Crippen LogP contribution is -2.16. The van der Waals surface area contributed by atoms with Crippen LogP contribution in [0.4, 0.5) is 0 Å². The number of rotatable bonds is 3. The van der Waals surface area contributed by atoms with E-state index in [4.69, 9.17) is 0 Å². The molecular weight excluding hydrogens is 234 g/mol. The molecule has 1 N–H and O–H groups in total. The molecule has 19 heavy (non-hydrogen) atoms. The topological polar surface area (TPSA) is 29.1 Å². The van der Waals surface area contributed by atoms with E-state index in [-0.39, 0.29) is 5.78 Å². The van der Waals surface area contributed by atoms with E-state index in [1.807, 2.05) is 48.5 Å². The van der Waals surface area contributed by atoms with E-state index < -0.39 is 0 Å². The molecule has 0 bridgehead atoms. The predicted molar refractivity (Wildman–Crippen MR) is 76.3 cm³/mol. The molecule has 0 radical (unpaired) electrons. The van der Waals surface area contributed by atoms with Crippen LogP contribution in [-0.2, 0) is 0 Å². The molecule has 1 aliphatic rings. The molecule has 1 atom stereocenters. The second-order valence-corrected chi connectivity index (χ2v) is 4.93. The lowest BCUT2D eigenvalue weighted by atomic mass is 9.93. The maximum atomic E-state index is 12.6. The first-order chi connectivity index (χ1) is 9.36. The van der Waals surface area contributed by atoms with Gasteiger partial charge in [-0.2, -0.15) is 0 Å². The zero-order valence-corrected chi connectivity index (χ0v) is 10.8. The zero-order chi connectivity index (χ0) is 13.1. The van der Waals surface area contributed by atoms with Crippen molar-refractivity contribution in [2.75, 3.05) is 6.54 Å². The van der Waals surface area contributed by atoms with Crippen LogP contribution in [0.1, 0.15) is 40.4 Å². The summed E-state index contributed by atoms with van der Waals surface area (Å²) < 4.78 is 0. The van der Waals surface area contributed by atoms with Crippen LogP contribution >= 0.6 is 0 Å². The number of ketones is 1. The third-order valence-corrected chi connectivity index (χ3v) is 3.68. The molecular formula is C17H17NO. The fraction of sp³-hybridized carbons (Fsp3) is 0.235. The van der Waals surface area contributed by atoms with E-state index in [1.165, 1.54) is 6.42 Å². The molecule has 96 valence electrons. The van der Waals surface area contributed by atoms with Gasteiger partial charge in [-0.05, 0) is 24.9 Å². The molecule has 0 aromatic heterocycles. The second-order valence-electron chi connectivity index (χ2n) is 4.93. The van der Waals surface area contributed by atoms with Crippen LogP contribution in [0.3, 0.4) is 0 Å². The summed E-state index contributed by atoms with van der Waals surface area (Å²) in [6, 6.07) is 17.8. The largest absolute Gasteiger partial charge is 0.310 e. The van der Waals surface area contributed by atoms with Gasteiger partial charge in [-0.1, -0.05) is 54.6 Å². The van der Waals surface area contributed by atoms with E-state index in [0.29, 0.717) is 6.04 Å². The van der Waals surface area contributed by atoms with Crippen molar-refractivity contribution in [1.29, 1.82) is 0 Å². The second kappa shape index (κ2) is 5.37. The molecule has 2 aromatic carbocycles. The molecule has 1 aliphatic heterocycles. The van der Waals surface area contributed by atoms with Gasteiger partial charge in [0.15, 0.2) is 5.78 Å². The van der Waals surface area contributed by atoms with Gasteiger partial charge in [0.2, 0.25) is 0 Å². The standard InChI is InChI=1S/C17H17NO/c19-17(13-7-2-1-3-8-13)15-10-5-4-9-14(15)16-11-6-12-18-16/h1-5,7-10,16,18H,6,11-12H2. The summed E-state index contributed by atoms with van der Waals surface area (Å²) in [4.78, 5) is 12.6. The first-order valence-corrected chi connectivity index (χ1v) is 6.78. The Kier molecular flexibility index (Phi) is 3.43. The van der Waals surface area contributed by atoms with Gasteiger partial charge in [-0.25, -0.2) is 0 Å². The molecule has 2 heteroatoms. The van der Waals surface area contributed by atoms with Gasteiger partial charge < -0.3 is 5.32 Å². The van der Waals surface area contributed by atoms with Gasteiger partial charge in [0.1, 0.15) is 0 Å². The molecule has 0 saturated carbocycles. The summed E-state index contributed by atoms with van der Waals surface area (Å²) in [5, 5.41) is 3.47. The van der Waals surface area contributed by atoms with Crippen molar-refractivity contribution in [1.82, 2.24) is 5.32 Å². The monoisotopic (exact) mass is 251 g/mol. The SMILES string of the molecule is O=C(c1ccccc1)c1ccccc1C1CCCN1. The van der Waals surface area contributed by atoms with Gasteiger partial charge in [-0.15, -0.1) is 0 Å². The highest BCUT2D eigenvalue weighted by Crippen LogP contribution is 2.27. The normalized spacial score (nSPS) is 18.4. The number of hydrogen-bond acceptors (Lipinski definition) is 2. The minimum absolute atomic E-state index is 0.116. The smallest absolute Gasteiger partial charge is 0.193 e. The Hall–Kier alpha value is -1.93. The van der Waals surface area contributed by atoms with E-state index >= 15 is 0 Å². The Morgan fingerprint density at radius 2 is 1.74 bits per heavy atom. The minimum atomic E-state index is 0.116. The zero-order valence-electron chi connectivity index (χ0n) is 10.8. The number of nitrogens with one attached hydrogen (secondary N) is 1. The molecule has 0 aliphatic carbocycles. The number of carbonyl (C=O) groups is 1. The predicted octanol–water partition coefficient (Wildman–Crippen LogP) is 3.34. The van der Waals surface area contributed by atoms with Gasteiger partial charge in [0.25, 0.3) is 0 Å². The van der Waals surface area contributed by atoms with E-state index in [1.54, 1.807) is 0 Å². The molecule has 1 fully saturated rings. The molecule has 0 amide bonds. The van der Waals surface area contributed by atoms with Crippen LogP contribution in [0.2, 0.25) is 0 Å². The van der Waals surface area contributed by atoms with Gasteiger partial charge >= 0.3 is 0 Å². The third-order valence-electron chi connectivity index (χ3n) is 3.68. The van der Waals surface area contributed by atoms with Crippen molar-refractivity contribution in [3.63, 3.8) is 0 Å². The van der Waals surface area contributed by atoms with Crippen LogP contribution in [0.25, 0.3) is 0 Å². The van der Waals surface area contributed by atoms with Gasteiger partial charge in [0.05, 0.1) is 0 Å². The Bertz CT molecular complexity index is 571. The van der Waals surface area contributed by atoms with Gasteiger partial charge in [0, 0.05) is 17.2 Å². The van der Waals surface area contributed by atoms with E-state index in [2.05, 4.69) is 11.4 Å². The van der Waals surface area contributed by atoms with Crippen LogP contribution in [-0.4, -0.2) is 12.3 Å². The first kappa shape index (κ1) is 12.1. The lowest BCUT2D eigenvalue weighted by Gasteiger charge is -2.15. The summed E-state index contributed by atoms with van der Waals surface area (Å²) in [5.41, 5.74) is 2.72. The molecule has 1 saturated heterocycles. The number of benzene rings is 2. The summed E-state index contributed by atoms with van der Waals surface area (Å²) in [7, 11) is 0. The Morgan fingerprint density at radius 1 is 1.00 bits per heavy atom. The van der Waals surface area contributed by atoms with Crippen LogP contribution in [0.5, 0.6) is 0 Å². The summed E-state index contributed by atoms with van der Waals surface area (Å²) in [6.45, 7) is 1.04. The molecule has 1 unspecified atom stereocenters. The van der Waals surface area contributed by atoms with Gasteiger partial charge in [-0.3, -0.25) is 4.79 Å². The Balaban J connectivity index is 1.98. The fourth-order valence-electron chi connectivity index (χ4n) is 2.70. The van der Waals surface area contributed by atoms with Crippen molar-refractivity contribution in [3.05, 3.63) is 71.3 Å². The van der Waals surface area contributed by atoms with Crippen LogP contribution in [0, 0.1) is 0 Å². The highest BCUT2D eigenvalue weighted by atomic mass is 16.1. The maximum absolute atomic E-state index is 12.6. The third kappa shape index (κ3) is 2.45. The average Bonchev–Trinajstić information content (AvgIpc) is 3.01. The molecule has 2 nitrogen and oxygen atoms in total. The van der Waals surface area contributed by atoms with Crippen molar-refractivity contribution < 1.29 is 4.79 Å². The number of carbonyl (C=O) groups excluding carboxylic acids is 1. The average molecular weight is 251 g/mol. The van der Waals surface area contributed by atoms with Crippen molar-refractivity contribution in [2.45, 2.75) is 18.9 Å². The number of hydrogen-bond donors (Lipinski definition) is 1. The first-order valence-electron chi connectivity index (χ1n) is 6.78. The van der Waals surface area contributed by atoms with Crippen molar-refractivity contribution in [3.8, 4) is 0 Å². The summed E-state index contributed by atoms with van der Waals surface area (Å²) >= 11 is 0. The van der Waals surface area contributed by atoms with E-state index in [9.17, 15) is 4.79 Å². The minimum Gasteiger partial charge on any atom is -0.310 e. The fourth-order valence-corrected chi connectivity index (χ4v) is 2.70. The van der Waals surface area contributed by atoms with E-state index in [0.717, 1.165) is 29.7 Å². The highest BCUT2D eigenvalue weighted by molar-refractivity contribution is 6.10. The lowest BCUT2D eigenvalue weighted by molar-refractivity contribution is 0.103. The molecule has 2 aromatic rings. The molecule has 1 heterocycles. The molecule has 3 rings (SSSR count).